The van der Waals surface area contributed by atoms with Gasteiger partial charge in [-0.1, -0.05) is 19.1 Å². The first-order chi connectivity index (χ1) is 15.5. The van der Waals surface area contributed by atoms with Crippen LogP contribution in [0.1, 0.15) is 81.2 Å². The molecule has 32 heavy (non-hydrogen) atoms. The minimum Gasteiger partial charge on any atom is -0.476 e. The second-order valence-corrected chi connectivity index (χ2v) is 11.0. The van der Waals surface area contributed by atoms with Gasteiger partial charge in [-0.3, -0.25) is 9.69 Å². The van der Waals surface area contributed by atoms with Crippen molar-refractivity contribution in [2.45, 2.75) is 82.3 Å². The number of hydrogen-bond acceptors (Lipinski definition) is 4. The Morgan fingerprint density at radius 3 is 2.38 bits per heavy atom. The Balaban J connectivity index is 1.35. The van der Waals surface area contributed by atoms with Crippen molar-refractivity contribution < 1.29 is 9.90 Å². The molecule has 1 aromatic heterocycles. The van der Waals surface area contributed by atoms with E-state index in [9.17, 15) is 14.7 Å². The highest BCUT2D eigenvalue weighted by atomic mass is 16.4. The second-order valence-electron chi connectivity index (χ2n) is 11.0. The molecule has 2 heterocycles. The number of carboxylic acids is 1. The SMILES string of the molecule is CC[C@@H]1C[C@H](n2c(=O)c(C(=O)O)nc3ccccc32)CCN1C12CC3CC(CC(C3)C1)C2. The Bertz CT molecular complexity index is 1090. The number of rotatable bonds is 4. The quantitative estimate of drug-likeness (QED) is 0.766. The maximum absolute atomic E-state index is 13.2. The van der Waals surface area contributed by atoms with E-state index in [1.165, 1.54) is 38.5 Å². The molecule has 170 valence electrons. The molecule has 2 aromatic rings. The average molecular weight is 436 g/mol. The third-order valence-electron chi connectivity index (χ3n) is 9.14. The van der Waals surface area contributed by atoms with Gasteiger partial charge in [0, 0.05) is 24.2 Å². The molecule has 1 N–H and O–H groups in total. The number of carboxylic acid groups (broad SMARTS) is 1. The van der Waals surface area contributed by atoms with E-state index < -0.39 is 11.5 Å². The number of nitrogens with zero attached hydrogens (tertiary/aromatic N) is 3. The highest BCUT2D eigenvalue weighted by Gasteiger charge is 2.55. The maximum Gasteiger partial charge on any atom is 0.360 e. The van der Waals surface area contributed by atoms with Crippen molar-refractivity contribution in [3.05, 3.63) is 40.3 Å². The zero-order valence-corrected chi connectivity index (χ0v) is 18.9. The predicted molar refractivity (Wildman–Crippen MR) is 123 cm³/mol. The fourth-order valence-corrected chi connectivity index (χ4v) is 8.35. The molecule has 2 atom stereocenters. The Kier molecular flexibility index (Phi) is 4.72. The lowest BCUT2D eigenvalue weighted by atomic mass is 9.52. The first kappa shape index (κ1) is 20.4. The Morgan fingerprint density at radius 2 is 1.75 bits per heavy atom. The lowest BCUT2D eigenvalue weighted by Crippen LogP contribution is -2.64. The molecular weight excluding hydrogens is 402 g/mol. The smallest absolute Gasteiger partial charge is 0.360 e. The van der Waals surface area contributed by atoms with E-state index in [4.69, 9.17) is 0 Å². The first-order valence-electron chi connectivity index (χ1n) is 12.5. The van der Waals surface area contributed by atoms with Crippen LogP contribution in [-0.4, -0.2) is 43.7 Å². The average Bonchev–Trinajstić information content (AvgIpc) is 2.77. The van der Waals surface area contributed by atoms with Gasteiger partial charge >= 0.3 is 5.97 Å². The maximum atomic E-state index is 13.2. The molecule has 6 nitrogen and oxygen atoms in total. The molecule has 1 aliphatic heterocycles. The normalized spacial score (nSPS) is 36.6. The van der Waals surface area contributed by atoms with E-state index >= 15 is 0 Å². The fourth-order valence-electron chi connectivity index (χ4n) is 8.35. The summed E-state index contributed by atoms with van der Waals surface area (Å²) in [5, 5.41) is 9.60. The zero-order chi connectivity index (χ0) is 22.0. The number of hydrogen-bond donors (Lipinski definition) is 1. The van der Waals surface area contributed by atoms with Crippen LogP contribution < -0.4 is 5.56 Å². The van der Waals surface area contributed by atoms with Crippen molar-refractivity contribution in [2.24, 2.45) is 17.8 Å². The van der Waals surface area contributed by atoms with Crippen LogP contribution in [0.3, 0.4) is 0 Å². The van der Waals surface area contributed by atoms with Crippen molar-refractivity contribution in [1.82, 2.24) is 14.5 Å². The lowest BCUT2D eigenvalue weighted by Gasteiger charge is -2.63. The second kappa shape index (κ2) is 7.41. The van der Waals surface area contributed by atoms with Crippen LogP contribution in [0.4, 0.5) is 0 Å². The van der Waals surface area contributed by atoms with Crippen molar-refractivity contribution in [3.8, 4) is 0 Å². The molecule has 7 rings (SSSR count). The number of benzene rings is 1. The number of para-hydroxylation sites is 2. The van der Waals surface area contributed by atoms with Crippen LogP contribution in [-0.2, 0) is 0 Å². The number of fused-ring (bicyclic) bond motifs is 1. The van der Waals surface area contributed by atoms with E-state index in [1.807, 2.05) is 18.2 Å². The zero-order valence-electron chi connectivity index (χ0n) is 18.9. The van der Waals surface area contributed by atoms with Gasteiger partial charge in [-0.15, -0.1) is 0 Å². The number of piperidine rings is 1. The third kappa shape index (κ3) is 3.06. The molecule has 4 bridgehead atoms. The summed E-state index contributed by atoms with van der Waals surface area (Å²) in [6, 6.07) is 7.92. The lowest BCUT2D eigenvalue weighted by molar-refractivity contribution is -0.117. The van der Waals surface area contributed by atoms with Gasteiger partial charge in [0.05, 0.1) is 11.0 Å². The number of carbonyl (C=O) groups is 1. The monoisotopic (exact) mass is 435 g/mol. The van der Waals surface area contributed by atoms with Crippen LogP contribution in [0.5, 0.6) is 0 Å². The third-order valence-corrected chi connectivity index (χ3v) is 9.14. The summed E-state index contributed by atoms with van der Waals surface area (Å²) >= 11 is 0. The molecule has 5 aliphatic rings. The minimum atomic E-state index is -1.24. The predicted octanol–water partition coefficient (Wildman–Crippen LogP) is 4.48. The summed E-state index contributed by atoms with van der Waals surface area (Å²) in [5.74, 6) is 1.51. The van der Waals surface area contributed by atoms with Crippen LogP contribution in [0.25, 0.3) is 11.0 Å². The van der Waals surface area contributed by atoms with Gasteiger partial charge in [0.25, 0.3) is 5.56 Å². The fraction of sp³-hybridized carbons (Fsp3) is 0.654. The Hall–Kier alpha value is -2.21. The van der Waals surface area contributed by atoms with E-state index in [2.05, 4.69) is 16.8 Å². The van der Waals surface area contributed by atoms with Crippen LogP contribution in [0, 0.1) is 17.8 Å². The van der Waals surface area contributed by atoms with E-state index in [-0.39, 0.29) is 11.7 Å². The summed E-state index contributed by atoms with van der Waals surface area (Å²) in [6.07, 6.45) is 11.3. The number of aromatic carboxylic acids is 1. The molecule has 0 spiro atoms. The van der Waals surface area contributed by atoms with Crippen molar-refractivity contribution in [3.63, 3.8) is 0 Å². The van der Waals surface area contributed by atoms with Gasteiger partial charge in [0.15, 0.2) is 0 Å². The molecule has 0 unspecified atom stereocenters. The number of aromatic nitrogens is 2. The molecule has 1 saturated heterocycles. The van der Waals surface area contributed by atoms with Crippen LogP contribution in [0.15, 0.2) is 29.1 Å². The largest absolute Gasteiger partial charge is 0.476 e. The molecule has 5 fully saturated rings. The minimum absolute atomic E-state index is 0.0172. The summed E-state index contributed by atoms with van der Waals surface area (Å²) in [4.78, 5) is 32.0. The standard InChI is InChI=1S/C26H33N3O3/c1-2-19-12-20(29-22-6-4-3-5-21(22)27-23(24(29)30)25(31)32)7-8-28(19)26-13-16-9-17(14-26)11-18(10-16)15-26/h3-6,16-20H,2,7-15H2,1H3,(H,31,32)/t16?,17?,18?,19-,20-,26?/m1/s1. The van der Waals surface area contributed by atoms with Gasteiger partial charge in [-0.05, 0) is 87.7 Å². The molecule has 0 radical (unpaired) electrons. The van der Waals surface area contributed by atoms with Gasteiger partial charge in [-0.2, -0.15) is 0 Å². The van der Waals surface area contributed by atoms with E-state index in [0.29, 0.717) is 17.1 Å². The Labute approximate surface area is 188 Å². The van der Waals surface area contributed by atoms with Gasteiger partial charge in [-0.25, -0.2) is 9.78 Å². The van der Waals surface area contributed by atoms with Crippen molar-refractivity contribution in [1.29, 1.82) is 0 Å². The first-order valence-corrected chi connectivity index (χ1v) is 12.5. The molecular formula is C26H33N3O3. The summed E-state index contributed by atoms with van der Waals surface area (Å²) in [6.45, 7) is 3.28. The van der Waals surface area contributed by atoms with Gasteiger partial charge < -0.3 is 9.67 Å². The van der Waals surface area contributed by atoms with Gasteiger partial charge in [0.2, 0.25) is 5.69 Å². The highest BCUT2D eigenvalue weighted by molar-refractivity contribution is 5.88. The summed E-state index contributed by atoms with van der Waals surface area (Å²) in [5.41, 5.74) is 0.893. The van der Waals surface area contributed by atoms with Crippen LogP contribution in [0.2, 0.25) is 0 Å². The molecule has 1 aromatic carbocycles. The number of likely N-dealkylation sites (tertiary alicyclic amines) is 1. The van der Waals surface area contributed by atoms with E-state index in [0.717, 1.165) is 49.1 Å². The topological polar surface area (TPSA) is 75.4 Å². The molecule has 4 aliphatic carbocycles. The molecule has 4 saturated carbocycles. The van der Waals surface area contributed by atoms with E-state index in [1.54, 1.807) is 10.6 Å². The molecule has 6 heteroatoms. The highest BCUT2D eigenvalue weighted by Crippen LogP contribution is 2.59. The van der Waals surface area contributed by atoms with Crippen LogP contribution >= 0.6 is 0 Å². The molecule has 0 amide bonds. The Morgan fingerprint density at radius 1 is 1.09 bits per heavy atom. The van der Waals surface area contributed by atoms with Crippen molar-refractivity contribution in [2.75, 3.05) is 6.54 Å². The summed E-state index contributed by atoms with van der Waals surface area (Å²) in [7, 11) is 0. The van der Waals surface area contributed by atoms with Crippen molar-refractivity contribution >= 4 is 17.0 Å². The summed E-state index contributed by atoms with van der Waals surface area (Å²) < 4.78 is 1.76. The van der Waals surface area contributed by atoms with Gasteiger partial charge in [0.1, 0.15) is 0 Å².